The number of carboxylic acid groups (broad SMARTS) is 1. The number of phosphoric acid groups is 4. The number of methoxy groups -OCH3 is 2. The molecule has 1 amide bonds. The molecule has 5 aliphatic heterocycles. The Hall–Kier alpha value is 0.115. The van der Waals surface area contributed by atoms with Crippen molar-refractivity contribution in [3.63, 3.8) is 0 Å². The average Bonchev–Trinajstić information content (AvgIpc) is 1.42. The predicted molar refractivity (Wildman–Crippen MR) is 360 cm³/mol. The molecule has 28 atom stereocenters. The molecule has 5 aliphatic rings. The Balaban J connectivity index is -0.000000375. The van der Waals surface area contributed by atoms with E-state index in [1.807, 2.05) is 19.1 Å². The van der Waals surface area contributed by atoms with Crippen LogP contribution < -0.4 is 177 Å². The Morgan fingerprint density at radius 3 is 1.18 bits per heavy atom. The van der Waals surface area contributed by atoms with E-state index in [-0.39, 0.29) is 187 Å². The third kappa shape index (κ3) is 41.3. The fraction of sp³-hybridized carbons (Fsp3) is 0.808. The second kappa shape index (κ2) is 60.6. The van der Waals surface area contributed by atoms with E-state index in [1.54, 1.807) is 7.11 Å². The molecule has 0 saturated carbocycles. The number of aliphatic hydroxyl groups excluding tert-OH is 14. The number of aromatic amines is 2. The number of nitrogens with one attached hydrogen (secondary N) is 3. The van der Waals surface area contributed by atoms with Gasteiger partial charge in [0.15, 0.2) is 31.3 Å². The van der Waals surface area contributed by atoms with E-state index in [1.165, 1.54) is 7.11 Å². The quantitative estimate of drug-likeness (QED) is 0.0184. The van der Waals surface area contributed by atoms with Gasteiger partial charge in [-0.05, 0) is 0 Å². The number of carboxylic acids is 1. The Morgan fingerprint density at radius 2 is 0.833 bits per heavy atom. The molecule has 5 fully saturated rings. The van der Waals surface area contributed by atoms with Gasteiger partial charge < -0.3 is 165 Å². The minimum Gasteiger partial charge on any atom is 1.00 e. The van der Waals surface area contributed by atoms with Crippen LogP contribution >= 0.6 is 40.4 Å². The Morgan fingerprint density at radius 1 is 0.500 bits per heavy atom. The maximum absolute atomic E-state index is 12.3. The van der Waals surface area contributed by atoms with E-state index >= 15 is 0 Å². The minimum atomic E-state index is -5.99. The first-order chi connectivity index (χ1) is 49.5. The van der Waals surface area contributed by atoms with Gasteiger partial charge in [-0.3, -0.25) is 65.6 Å². The molecule has 644 valence electrons. The number of nitrogens with zero attached hydrogens (tertiary/aromatic N) is 2. The number of ether oxygens (including phenoxy) is 9. The van der Waals surface area contributed by atoms with Crippen LogP contribution in [0.1, 0.15) is 55.0 Å². The molecule has 2 aromatic heterocycles. The number of hydrogen-bond acceptors (Lipinski definition) is 46. The van der Waals surface area contributed by atoms with E-state index in [0.29, 0.717) is 35.8 Å². The van der Waals surface area contributed by atoms with Crippen molar-refractivity contribution in [3.8, 4) is 0 Å². The zero-order valence-electron chi connectivity index (χ0n) is 59.2. The molecule has 0 spiro atoms. The van der Waals surface area contributed by atoms with Crippen molar-refractivity contribution < 1.29 is 316 Å². The number of aliphatic hydroxyl groups is 14. The van der Waals surface area contributed by atoms with E-state index < -0.39 is 233 Å². The first-order valence-electron chi connectivity index (χ1n) is 30.4. The summed E-state index contributed by atoms with van der Waals surface area (Å²) in [7, 11) is -18.6. The summed E-state index contributed by atoms with van der Waals surface area (Å²) in [4.78, 5) is 121. The maximum atomic E-state index is 12.3. The normalized spacial score (nSPS) is 31.2. The Kier molecular flexibility index (Phi) is 66.5. The molecule has 0 aromatic carbocycles. The van der Waals surface area contributed by atoms with Crippen LogP contribution in [0.25, 0.3) is 0 Å². The number of nitrogens with two attached hydrogens (primary N) is 2. The SMILES string of the molecule is C.C.C.C.COCCOCCC(=O)NCC1O[C@H](OP(=O)([O-])OP(=O)([O-])OCC2OC(n3ccc(=O)[nH]c3=O)[C@H](O)[C@@H]2O)C(O)[C@@H](O)[C@H]1O.COCCOCCC(=O)O.NCC1OC(O)C(O)[C@@H](O)[C@H]1O.NCC1O[C@H](OP(=O)([O-])OP(=O)([O-])OCC2OC(n3ccc(=O)[nH]c3=O)[C@H](O)[C@@H]2O)C(O)[C@@H](O)[C@H]1O.O=BP.[Na+].[Na+].[Na+].[Na+]. The molecule has 22 N–H and O–H groups in total. The maximum Gasteiger partial charge on any atom is 1.00 e. The van der Waals surface area contributed by atoms with Gasteiger partial charge in [0.1, 0.15) is 110 Å². The summed E-state index contributed by atoms with van der Waals surface area (Å²) in [5.41, 5.74) is 6.91. The molecular formula is C52H99BN7Na4O45P5. The van der Waals surface area contributed by atoms with Crippen LogP contribution in [0, 0.1) is 0 Å². The molecular weight excluding hydrogens is 1700 g/mol. The number of phosphoric ester groups is 4. The number of aromatic nitrogens is 4. The predicted octanol–water partition coefficient (Wildman–Crippen LogP) is -24.7. The number of amides is 1. The Bertz CT molecular complexity index is 3480. The number of carbonyl (C=O) groups excluding carboxylic acids is 1. The van der Waals surface area contributed by atoms with Crippen molar-refractivity contribution in [3.05, 3.63) is 66.2 Å². The molecule has 52 nitrogen and oxygen atoms in total. The van der Waals surface area contributed by atoms with Gasteiger partial charge in [-0.15, -0.1) is 0 Å². The summed E-state index contributed by atoms with van der Waals surface area (Å²) in [6.07, 6.45) is -37.8. The first-order valence-corrected chi connectivity index (χ1v) is 36.9. The molecule has 0 bridgehead atoms. The second-order valence-electron chi connectivity index (χ2n) is 22.0. The molecule has 2 aromatic rings. The summed E-state index contributed by atoms with van der Waals surface area (Å²) in [6.45, 7) is -0.738. The molecule has 5 saturated heterocycles. The smallest absolute Gasteiger partial charge is 1.00 e. The van der Waals surface area contributed by atoms with E-state index in [2.05, 4.69) is 36.8 Å². The molecule has 62 heteroatoms. The van der Waals surface area contributed by atoms with Gasteiger partial charge >= 0.3 is 156 Å². The van der Waals surface area contributed by atoms with E-state index in [4.69, 9.17) is 74.5 Å². The van der Waals surface area contributed by atoms with Crippen molar-refractivity contribution in [1.82, 2.24) is 24.4 Å². The van der Waals surface area contributed by atoms with Crippen molar-refractivity contribution in [1.29, 1.82) is 0 Å². The van der Waals surface area contributed by atoms with Crippen LogP contribution in [0.4, 0.5) is 0 Å². The number of rotatable bonds is 32. The van der Waals surface area contributed by atoms with Gasteiger partial charge in [0.2, 0.25) is 5.91 Å². The zero-order chi connectivity index (χ0) is 80.4. The van der Waals surface area contributed by atoms with Gasteiger partial charge in [0.05, 0.1) is 59.3 Å². The summed E-state index contributed by atoms with van der Waals surface area (Å²) >= 11 is 0. The van der Waals surface area contributed by atoms with Gasteiger partial charge in [-0.1, -0.05) is 29.7 Å². The molecule has 16 unspecified atom stereocenters. The molecule has 7 rings (SSSR count). The second-order valence-corrected chi connectivity index (χ2v) is 28.1. The van der Waals surface area contributed by atoms with Crippen LogP contribution in [0.15, 0.2) is 43.7 Å². The van der Waals surface area contributed by atoms with Crippen molar-refractivity contribution in [2.45, 2.75) is 184 Å². The third-order valence-corrected chi connectivity index (χ3v) is 19.4. The van der Waals surface area contributed by atoms with E-state index in [9.17, 15) is 123 Å². The van der Waals surface area contributed by atoms with Crippen molar-refractivity contribution in [2.24, 2.45) is 11.5 Å². The fourth-order valence-corrected chi connectivity index (χ4v) is 13.1. The Labute approximate surface area is 741 Å². The average molecular weight is 1800 g/mol. The summed E-state index contributed by atoms with van der Waals surface area (Å²) in [6, 6.07) is 1.83. The molecule has 114 heavy (non-hydrogen) atoms. The van der Waals surface area contributed by atoms with Crippen molar-refractivity contribution in [2.75, 3.05) is 86.7 Å². The zero-order valence-corrected chi connectivity index (χ0v) is 72.0. The minimum absolute atomic E-state index is 0. The standard InChI is InChI=1S/C21H35N3O19P2.C15H25N3O16P2.C6H13NO5.C6H12O4.4CH4.BH2OP.4Na/c1-37-6-7-38-5-3-12(25)22-8-10-14(27)16(29)18(31)20(41-10)42-45(35,36)43-44(33,34)39-9-11-15(28)17(30)19(40-11)24-4-2-13(26)23-21(24)32;16-3-5-8(20)10(22)12(24)14(32-5)33-36(28,29)34-35(26,27)30-4-6-9(21)11(23)13(31-6)18-2-1-7(19)17-15(18)25;7-1-2-3(8)4(9)5(10)6(11)12-2;1-9-4-5-10-3-2-6(7)8;;;;;2-1-3;;;;/h2,4,10-11,14-20,27-31H,3,5-9H2,1H3,(H,22,25)(H,33,34)(H,35,36)(H,23,26,32);1-2,5-6,8-14,20-24H,3-4,16H2,(H,26,27)(H,28,29)(H,17,19,25);2-6,8-11H,1,7H2;2-5H2,1H3,(H,7,8);4*1H4;3H2;;;;/q;;;;;;;;;4*+1/p-4/t10?,11?,14-,15+,16-,17+,18?,19?,20+;5?,6?,8-,9+,10-,11+,12?,13?,14+;2?,3-,4-,5?,6?;;;;;;;;;;/m000........../s1. The van der Waals surface area contributed by atoms with Crippen molar-refractivity contribution >= 4 is 59.2 Å². The van der Waals surface area contributed by atoms with Gasteiger partial charge in [0, 0.05) is 64.8 Å². The number of carbonyl (C=O) groups is 2. The van der Waals surface area contributed by atoms with E-state index in [0.717, 1.165) is 24.5 Å². The number of H-pyrrole nitrogens is 2. The van der Waals surface area contributed by atoms with Gasteiger partial charge in [0.25, 0.3) is 42.4 Å². The van der Waals surface area contributed by atoms with Gasteiger partial charge in [-0.2, -0.15) is 0 Å². The monoisotopic (exact) mass is 1800 g/mol. The molecule has 7 heterocycles. The van der Waals surface area contributed by atoms with Crippen LogP contribution in [-0.4, -0.2) is 330 Å². The topological polar surface area (TPSA) is 827 Å². The molecule has 0 radical (unpaired) electrons. The summed E-state index contributed by atoms with van der Waals surface area (Å²) in [5, 5.41) is 147. The summed E-state index contributed by atoms with van der Waals surface area (Å²) < 4.78 is 129. The molecule has 0 aliphatic carbocycles. The number of aliphatic carboxylic acids is 1. The largest absolute Gasteiger partial charge is 1.00 e. The van der Waals surface area contributed by atoms with Crippen LogP contribution in [0.3, 0.4) is 0 Å². The third-order valence-electron chi connectivity index (χ3n) is 14.4. The number of hydrogen-bond donors (Lipinski definition) is 20. The summed E-state index contributed by atoms with van der Waals surface area (Å²) in [5.74, 6) is -1.41. The van der Waals surface area contributed by atoms with Crippen LogP contribution in [0.5, 0.6) is 0 Å². The van der Waals surface area contributed by atoms with Crippen LogP contribution in [0.2, 0.25) is 0 Å². The first kappa shape index (κ1) is 125. The van der Waals surface area contributed by atoms with Gasteiger partial charge in [-0.25, -0.2) is 18.2 Å². The fourth-order valence-electron chi connectivity index (χ4n) is 8.98. The van der Waals surface area contributed by atoms with Crippen LogP contribution in [-0.2, 0) is 102 Å².